The molecule has 2 aromatic rings. The van der Waals surface area contributed by atoms with E-state index < -0.39 is 0 Å². The Kier molecular flexibility index (Phi) is 3.60. The predicted octanol–water partition coefficient (Wildman–Crippen LogP) is 2.49. The fourth-order valence-corrected chi connectivity index (χ4v) is 2.79. The molecule has 1 aliphatic rings. The van der Waals surface area contributed by atoms with Crippen LogP contribution >= 0.6 is 0 Å². The normalized spacial score (nSPS) is 13.7. The number of hydrogen-bond acceptors (Lipinski definition) is 3. The van der Waals surface area contributed by atoms with Crippen molar-refractivity contribution < 1.29 is 4.79 Å². The molecule has 0 aliphatic carbocycles. The van der Waals surface area contributed by atoms with Crippen LogP contribution in [0.1, 0.15) is 22.5 Å². The molecule has 0 bridgehead atoms. The average Bonchev–Trinajstić information content (AvgIpc) is 2.54. The fourth-order valence-electron chi connectivity index (χ4n) is 2.79. The topological polar surface area (TPSA) is 45.2 Å². The number of anilines is 1. The van der Waals surface area contributed by atoms with Gasteiger partial charge in [-0.3, -0.25) is 9.78 Å². The van der Waals surface area contributed by atoms with Gasteiger partial charge in [0.05, 0.1) is 0 Å². The van der Waals surface area contributed by atoms with Crippen LogP contribution in [0.2, 0.25) is 0 Å². The van der Waals surface area contributed by atoms with E-state index in [-0.39, 0.29) is 5.91 Å². The standard InChI is InChI=1S/C17H19N3O/c1-18-17(21)15-7-5-14(11-19-15)12-6-8-16-13(10-12)4-3-9-20(16)2/h5-8,10-11H,3-4,9H2,1-2H3,(H,18,21). The quantitative estimate of drug-likeness (QED) is 0.920. The van der Waals surface area contributed by atoms with Crippen LogP contribution in [0, 0.1) is 0 Å². The molecule has 1 N–H and O–H groups in total. The van der Waals surface area contributed by atoms with Gasteiger partial charge in [-0.15, -0.1) is 0 Å². The maximum absolute atomic E-state index is 11.5. The molecule has 4 heteroatoms. The molecular weight excluding hydrogens is 262 g/mol. The second-order valence-corrected chi connectivity index (χ2v) is 5.38. The number of pyridine rings is 1. The summed E-state index contributed by atoms with van der Waals surface area (Å²) < 4.78 is 0. The third-order valence-corrected chi connectivity index (χ3v) is 3.99. The lowest BCUT2D eigenvalue weighted by Crippen LogP contribution is -2.24. The predicted molar refractivity (Wildman–Crippen MR) is 84.7 cm³/mol. The number of rotatable bonds is 2. The largest absolute Gasteiger partial charge is 0.374 e. The Morgan fingerprint density at radius 2 is 2.05 bits per heavy atom. The van der Waals surface area contributed by atoms with E-state index in [9.17, 15) is 4.79 Å². The molecule has 0 fully saturated rings. The monoisotopic (exact) mass is 281 g/mol. The minimum Gasteiger partial charge on any atom is -0.374 e. The highest BCUT2D eigenvalue weighted by molar-refractivity contribution is 5.92. The zero-order valence-corrected chi connectivity index (χ0v) is 12.4. The Morgan fingerprint density at radius 3 is 2.76 bits per heavy atom. The first-order valence-corrected chi connectivity index (χ1v) is 7.21. The van der Waals surface area contributed by atoms with Gasteiger partial charge in [-0.25, -0.2) is 0 Å². The summed E-state index contributed by atoms with van der Waals surface area (Å²) in [5.74, 6) is -0.159. The fraction of sp³-hybridized carbons (Fsp3) is 0.294. The van der Waals surface area contributed by atoms with E-state index in [0.717, 1.165) is 24.1 Å². The van der Waals surface area contributed by atoms with Gasteiger partial charge in [0, 0.05) is 38.1 Å². The molecule has 0 spiro atoms. The van der Waals surface area contributed by atoms with Crippen molar-refractivity contribution in [2.75, 3.05) is 25.5 Å². The van der Waals surface area contributed by atoms with E-state index in [1.165, 1.54) is 17.7 Å². The number of hydrogen-bond donors (Lipinski definition) is 1. The van der Waals surface area contributed by atoms with Gasteiger partial charge in [0.15, 0.2) is 0 Å². The van der Waals surface area contributed by atoms with Crippen molar-refractivity contribution in [2.24, 2.45) is 0 Å². The van der Waals surface area contributed by atoms with Crippen LogP contribution in [0.3, 0.4) is 0 Å². The van der Waals surface area contributed by atoms with Crippen LogP contribution < -0.4 is 10.2 Å². The van der Waals surface area contributed by atoms with Crippen LogP contribution in [0.25, 0.3) is 11.1 Å². The van der Waals surface area contributed by atoms with Gasteiger partial charge in [-0.05, 0) is 42.2 Å². The highest BCUT2D eigenvalue weighted by Crippen LogP contribution is 2.30. The third-order valence-electron chi connectivity index (χ3n) is 3.99. The molecular formula is C17H19N3O. The van der Waals surface area contributed by atoms with Gasteiger partial charge < -0.3 is 10.2 Å². The van der Waals surface area contributed by atoms with Crippen molar-refractivity contribution in [3.05, 3.63) is 47.8 Å². The van der Waals surface area contributed by atoms with E-state index in [0.29, 0.717) is 5.69 Å². The second kappa shape index (κ2) is 5.56. The van der Waals surface area contributed by atoms with Crippen LogP contribution in [-0.2, 0) is 6.42 Å². The molecule has 21 heavy (non-hydrogen) atoms. The molecule has 4 nitrogen and oxygen atoms in total. The van der Waals surface area contributed by atoms with Crippen LogP contribution in [0.4, 0.5) is 5.69 Å². The lowest BCUT2D eigenvalue weighted by atomic mass is 9.97. The Balaban J connectivity index is 1.92. The van der Waals surface area contributed by atoms with E-state index >= 15 is 0 Å². The van der Waals surface area contributed by atoms with Crippen molar-refractivity contribution in [1.29, 1.82) is 0 Å². The van der Waals surface area contributed by atoms with Crippen LogP contribution in [-0.4, -0.2) is 31.5 Å². The van der Waals surface area contributed by atoms with Gasteiger partial charge >= 0.3 is 0 Å². The first kappa shape index (κ1) is 13.6. The molecule has 2 heterocycles. The Labute approximate surface area is 124 Å². The first-order chi connectivity index (χ1) is 10.2. The van der Waals surface area contributed by atoms with E-state index in [1.54, 1.807) is 19.3 Å². The summed E-state index contributed by atoms with van der Waals surface area (Å²) in [6, 6.07) is 10.3. The molecule has 0 unspecified atom stereocenters. The number of carbonyl (C=O) groups is 1. The van der Waals surface area contributed by atoms with Crippen LogP contribution in [0.5, 0.6) is 0 Å². The summed E-state index contributed by atoms with van der Waals surface area (Å²) in [6.07, 6.45) is 4.08. The summed E-state index contributed by atoms with van der Waals surface area (Å²) in [4.78, 5) is 18.0. The minimum atomic E-state index is -0.159. The summed E-state index contributed by atoms with van der Waals surface area (Å²) in [6.45, 7) is 1.12. The van der Waals surface area contributed by atoms with Gasteiger partial charge in [-0.1, -0.05) is 12.1 Å². The lowest BCUT2D eigenvalue weighted by molar-refractivity contribution is 0.0958. The van der Waals surface area contributed by atoms with Crippen molar-refractivity contribution in [1.82, 2.24) is 10.3 Å². The van der Waals surface area contributed by atoms with E-state index in [2.05, 4.69) is 40.4 Å². The van der Waals surface area contributed by atoms with Gasteiger partial charge in [0.25, 0.3) is 5.91 Å². The number of nitrogens with zero attached hydrogens (tertiary/aromatic N) is 2. The molecule has 0 radical (unpaired) electrons. The van der Waals surface area contributed by atoms with E-state index in [4.69, 9.17) is 0 Å². The average molecular weight is 281 g/mol. The maximum atomic E-state index is 11.5. The molecule has 3 rings (SSSR count). The van der Waals surface area contributed by atoms with Gasteiger partial charge in [0.2, 0.25) is 0 Å². The number of aryl methyl sites for hydroxylation is 1. The zero-order chi connectivity index (χ0) is 14.8. The maximum Gasteiger partial charge on any atom is 0.269 e. The van der Waals surface area contributed by atoms with Crippen molar-refractivity contribution in [3.8, 4) is 11.1 Å². The minimum absolute atomic E-state index is 0.159. The first-order valence-electron chi connectivity index (χ1n) is 7.21. The smallest absolute Gasteiger partial charge is 0.269 e. The third kappa shape index (κ3) is 2.61. The summed E-state index contributed by atoms with van der Waals surface area (Å²) in [5.41, 5.74) is 5.34. The Bertz CT molecular complexity index is 664. The van der Waals surface area contributed by atoms with Gasteiger partial charge in [-0.2, -0.15) is 0 Å². The second-order valence-electron chi connectivity index (χ2n) is 5.38. The summed E-state index contributed by atoms with van der Waals surface area (Å²) in [7, 11) is 3.75. The molecule has 0 saturated carbocycles. The van der Waals surface area contributed by atoms with Gasteiger partial charge in [0.1, 0.15) is 5.69 Å². The molecule has 1 aliphatic heterocycles. The molecule has 0 atom stereocenters. The Hall–Kier alpha value is -2.36. The molecule has 1 aromatic heterocycles. The Morgan fingerprint density at radius 1 is 1.24 bits per heavy atom. The number of amides is 1. The number of aromatic nitrogens is 1. The summed E-state index contributed by atoms with van der Waals surface area (Å²) in [5, 5.41) is 2.58. The van der Waals surface area contributed by atoms with Crippen LogP contribution in [0.15, 0.2) is 36.5 Å². The SMILES string of the molecule is CNC(=O)c1ccc(-c2ccc3c(c2)CCCN3C)cn1. The molecule has 108 valence electrons. The van der Waals surface area contributed by atoms with E-state index in [1.807, 2.05) is 6.07 Å². The zero-order valence-electron chi connectivity index (χ0n) is 12.4. The van der Waals surface area contributed by atoms with Crippen molar-refractivity contribution >= 4 is 11.6 Å². The number of carbonyl (C=O) groups excluding carboxylic acids is 1. The highest BCUT2D eigenvalue weighted by atomic mass is 16.1. The van der Waals surface area contributed by atoms with Crippen molar-refractivity contribution in [2.45, 2.75) is 12.8 Å². The molecule has 1 amide bonds. The number of benzene rings is 1. The van der Waals surface area contributed by atoms with Crippen molar-refractivity contribution in [3.63, 3.8) is 0 Å². The number of fused-ring (bicyclic) bond motifs is 1. The highest BCUT2D eigenvalue weighted by Gasteiger charge is 2.14. The molecule has 1 aromatic carbocycles. The molecule has 0 saturated heterocycles. The summed E-state index contributed by atoms with van der Waals surface area (Å²) >= 11 is 0. The lowest BCUT2D eigenvalue weighted by Gasteiger charge is -2.27. The number of nitrogens with one attached hydrogen (secondary N) is 1.